The van der Waals surface area contributed by atoms with Gasteiger partial charge in [0.05, 0.1) is 0 Å². The van der Waals surface area contributed by atoms with Gasteiger partial charge in [-0.25, -0.2) is 0 Å². The summed E-state index contributed by atoms with van der Waals surface area (Å²) in [6.07, 6.45) is 1.10. The van der Waals surface area contributed by atoms with Gasteiger partial charge in [-0.05, 0) is 20.1 Å². The van der Waals surface area contributed by atoms with Gasteiger partial charge in [-0.2, -0.15) is 0 Å². The van der Waals surface area contributed by atoms with E-state index in [-0.39, 0.29) is 0 Å². The zero-order valence-corrected chi connectivity index (χ0v) is 4.44. The third-order valence-corrected chi connectivity index (χ3v) is 0.902. The molecule has 0 heterocycles. The lowest BCUT2D eigenvalue weighted by Crippen LogP contribution is -1.90. The SMILES string of the molecule is C=NC(C)CC. The standard InChI is InChI=1S/C5H11N/c1-4-5(2)6-3/h5H,3-4H2,1-2H3. The second-order valence-electron chi connectivity index (χ2n) is 1.44. The fourth-order valence-electron chi connectivity index (χ4n) is 0.129. The minimum Gasteiger partial charge on any atom is -0.298 e. The van der Waals surface area contributed by atoms with Crippen LogP contribution in [0.15, 0.2) is 4.99 Å². The third-order valence-electron chi connectivity index (χ3n) is 0.902. The van der Waals surface area contributed by atoms with E-state index in [1.807, 2.05) is 6.92 Å². The summed E-state index contributed by atoms with van der Waals surface area (Å²) in [5.74, 6) is 0. The molecule has 1 unspecified atom stereocenters. The van der Waals surface area contributed by atoms with E-state index in [2.05, 4.69) is 18.6 Å². The second kappa shape index (κ2) is 2.88. The van der Waals surface area contributed by atoms with E-state index in [9.17, 15) is 0 Å². The van der Waals surface area contributed by atoms with Crippen LogP contribution in [0, 0.1) is 0 Å². The van der Waals surface area contributed by atoms with Crippen molar-refractivity contribution >= 4 is 6.72 Å². The molecule has 0 aromatic carbocycles. The molecule has 1 nitrogen and oxygen atoms in total. The predicted molar refractivity (Wildman–Crippen MR) is 29.3 cm³/mol. The van der Waals surface area contributed by atoms with Crippen molar-refractivity contribution < 1.29 is 0 Å². The van der Waals surface area contributed by atoms with Crippen molar-refractivity contribution in [1.29, 1.82) is 0 Å². The van der Waals surface area contributed by atoms with E-state index >= 15 is 0 Å². The number of nitrogens with zero attached hydrogens (tertiary/aromatic N) is 1. The van der Waals surface area contributed by atoms with Gasteiger partial charge in [0.15, 0.2) is 0 Å². The minimum absolute atomic E-state index is 0.449. The van der Waals surface area contributed by atoms with E-state index in [1.165, 1.54) is 0 Å². The first-order valence-corrected chi connectivity index (χ1v) is 2.27. The Morgan fingerprint density at radius 2 is 2.33 bits per heavy atom. The van der Waals surface area contributed by atoms with Gasteiger partial charge >= 0.3 is 0 Å². The summed E-state index contributed by atoms with van der Waals surface area (Å²) < 4.78 is 0. The summed E-state index contributed by atoms with van der Waals surface area (Å²) in [5.41, 5.74) is 0. The molecule has 0 saturated carbocycles. The number of aliphatic imine (C=N–C) groups is 1. The van der Waals surface area contributed by atoms with Crippen LogP contribution in [0.1, 0.15) is 20.3 Å². The monoisotopic (exact) mass is 85.1 g/mol. The fraction of sp³-hybridized carbons (Fsp3) is 0.800. The molecule has 0 rings (SSSR count). The highest BCUT2D eigenvalue weighted by molar-refractivity contribution is 5.23. The third kappa shape index (κ3) is 1.94. The van der Waals surface area contributed by atoms with Crippen LogP contribution in [0.5, 0.6) is 0 Å². The maximum atomic E-state index is 3.76. The molecule has 0 radical (unpaired) electrons. The summed E-state index contributed by atoms with van der Waals surface area (Å²) >= 11 is 0. The maximum absolute atomic E-state index is 3.76. The molecular formula is C5H11N. The van der Waals surface area contributed by atoms with E-state index in [4.69, 9.17) is 0 Å². The topological polar surface area (TPSA) is 12.4 Å². The lowest BCUT2D eigenvalue weighted by molar-refractivity contribution is 0.722. The van der Waals surface area contributed by atoms with Crippen molar-refractivity contribution in [3.8, 4) is 0 Å². The zero-order chi connectivity index (χ0) is 4.99. The van der Waals surface area contributed by atoms with Gasteiger partial charge in [-0.1, -0.05) is 6.92 Å². The summed E-state index contributed by atoms with van der Waals surface area (Å²) in [6, 6.07) is 0.449. The second-order valence-corrected chi connectivity index (χ2v) is 1.44. The number of hydrogen-bond donors (Lipinski definition) is 0. The van der Waals surface area contributed by atoms with Crippen LogP contribution < -0.4 is 0 Å². The van der Waals surface area contributed by atoms with Crippen molar-refractivity contribution in [2.24, 2.45) is 4.99 Å². The van der Waals surface area contributed by atoms with Gasteiger partial charge in [0, 0.05) is 6.04 Å². The molecule has 0 amide bonds. The summed E-state index contributed by atoms with van der Waals surface area (Å²) in [5, 5.41) is 0. The van der Waals surface area contributed by atoms with Crippen LogP contribution in [0.3, 0.4) is 0 Å². The highest BCUT2D eigenvalue weighted by Crippen LogP contribution is 1.90. The van der Waals surface area contributed by atoms with Crippen LogP contribution in [0.25, 0.3) is 0 Å². The van der Waals surface area contributed by atoms with E-state index in [0.717, 1.165) is 6.42 Å². The van der Waals surface area contributed by atoms with Crippen molar-refractivity contribution in [2.75, 3.05) is 0 Å². The lowest BCUT2D eigenvalue weighted by Gasteiger charge is -1.94. The highest BCUT2D eigenvalue weighted by atomic mass is 14.7. The van der Waals surface area contributed by atoms with Crippen molar-refractivity contribution in [2.45, 2.75) is 26.3 Å². The fourth-order valence-corrected chi connectivity index (χ4v) is 0.129. The Kier molecular flexibility index (Phi) is 2.73. The van der Waals surface area contributed by atoms with Gasteiger partial charge in [0.1, 0.15) is 0 Å². The molecule has 0 aromatic rings. The van der Waals surface area contributed by atoms with Gasteiger partial charge in [0.25, 0.3) is 0 Å². The van der Waals surface area contributed by atoms with Crippen LogP contribution in [-0.4, -0.2) is 12.8 Å². The Morgan fingerprint density at radius 3 is 2.33 bits per heavy atom. The Labute approximate surface area is 39.1 Å². The highest BCUT2D eigenvalue weighted by Gasteiger charge is 1.85. The summed E-state index contributed by atoms with van der Waals surface area (Å²) in [4.78, 5) is 3.76. The van der Waals surface area contributed by atoms with Crippen molar-refractivity contribution in [1.82, 2.24) is 0 Å². The normalized spacial score (nSPS) is 13.7. The zero-order valence-electron chi connectivity index (χ0n) is 4.44. The Morgan fingerprint density at radius 1 is 1.83 bits per heavy atom. The molecule has 1 atom stereocenters. The van der Waals surface area contributed by atoms with Crippen molar-refractivity contribution in [3.05, 3.63) is 0 Å². The molecule has 0 aromatic heterocycles. The quantitative estimate of drug-likeness (QED) is 0.450. The molecule has 36 valence electrons. The first kappa shape index (κ1) is 5.67. The molecule has 0 N–H and O–H groups in total. The van der Waals surface area contributed by atoms with E-state index in [1.54, 1.807) is 0 Å². The van der Waals surface area contributed by atoms with Gasteiger partial charge in [-0.15, -0.1) is 0 Å². The first-order chi connectivity index (χ1) is 2.81. The molecular weight excluding hydrogens is 74.1 g/mol. The van der Waals surface area contributed by atoms with E-state index in [0.29, 0.717) is 6.04 Å². The molecule has 1 heteroatoms. The predicted octanol–water partition coefficient (Wildman–Crippen LogP) is 1.49. The molecule has 0 saturated heterocycles. The van der Waals surface area contributed by atoms with Crippen LogP contribution in [0.4, 0.5) is 0 Å². The Hall–Kier alpha value is -0.330. The number of rotatable bonds is 2. The molecule has 0 aliphatic heterocycles. The van der Waals surface area contributed by atoms with Crippen LogP contribution in [-0.2, 0) is 0 Å². The smallest absolute Gasteiger partial charge is 0.0461 e. The molecule has 0 spiro atoms. The van der Waals surface area contributed by atoms with Gasteiger partial charge in [0.2, 0.25) is 0 Å². The molecule has 0 fully saturated rings. The van der Waals surface area contributed by atoms with Gasteiger partial charge < -0.3 is 0 Å². The van der Waals surface area contributed by atoms with Gasteiger partial charge in [-0.3, -0.25) is 4.99 Å². The van der Waals surface area contributed by atoms with Crippen LogP contribution >= 0.6 is 0 Å². The minimum atomic E-state index is 0.449. The Bertz CT molecular complexity index is 41.2. The summed E-state index contributed by atoms with van der Waals surface area (Å²) in [7, 11) is 0. The largest absolute Gasteiger partial charge is 0.298 e. The van der Waals surface area contributed by atoms with Crippen molar-refractivity contribution in [3.63, 3.8) is 0 Å². The average molecular weight is 85.2 g/mol. The average Bonchev–Trinajstić information content (AvgIpc) is 1.65. The molecule has 0 bridgehead atoms. The first-order valence-electron chi connectivity index (χ1n) is 2.27. The molecule has 0 aliphatic rings. The maximum Gasteiger partial charge on any atom is 0.0461 e. The Balaban J connectivity index is 2.96. The van der Waals surface area contributed by atoms with Crippen LogP contribution in [0.2, 0.25) is 0 Å². The summed E-state index contributed by atoms with van der Waals surface area (Å²) in [6.45, 7) is 7.53. The van der Waals surface area contributed by atoms with E-state index < -0.39 is 0 Å². The number of hydrogen-bond acceptors (Lipinski definition) is 1. The molecule has 0 aliphatic carbocycles. The lowest BCUT2D eigenvalue weighted by atomic mass is 10.3. The molecule has 6 heavy (non-hydrogen) atoms.